The van der Waals surface area contributed by atoms with Crippen LogP contribution in [0, 0.1) is 13.8 Å². The van der Waals surface area contributed by atoms with Crippen molar-refractivity contribution in [2.75, 3.05) is 0 Å². The molecule has 1 rings (SSSR count). The highest BCUT2D eigenvalue weighted by Crippen LogP contribution is 2.18. The number of carbonyl (C=O) groups excluding carboxylic acids is 1. The number of primary amides is 1. The number of nitrogens with zero attached hydrogens (tertiary/aromatic N) is 1. The van der Waals surface area contributed by atoms with Crippen LogP contribution in [0.15, 0.2) is 0 Å². The van der Waals surface area contributed by atoms with Gasteiger partial charge in [-0.2, -0.15) is 0 Å². The Hall–Kier alpha value is -0.940. The Morgan fingerprint density at radius 3 is 2.62 bits per heavy atom. The standard InChI is InChI=1S/C8H13N3OS/c1-4-7(13-5(2)11-4)3-6(9)8(10)12/h6H,3,9H2,1-2H3,(H2,10,12). The van der Waals surface area contributed by atoms with Gasteiger partial charge in [-0.15, -0.1) is 11.3 Å². The molecule has 0 aliphatic carbocycles. The van der Waals surface area contributed by atoms with Crippen LogP contribution in [-0.2, 0) is 11.2 Å². The van der Waals surface area contributed by atoms with Gasteiger partial charge in [0.05, 0.1) is 16.7 Å². The quantitative estimate of drug-likeness (QED) is 0.725. The van der Waals surface area contributed by atoms with E-state index in [1.54, 1.807) is 11.3 Å². The third-order valence-corrected chi connectivity index (χ3v) is 2.87. The minimum absolute atomic E-state index is 0.467. The Labute approximate surface area is 81.0 Å². The molecule has 1 aromatic heterocycles. The molecular weight excluding hydrogens is 186 g/mol. The molecule has 0 radical (unpaired) electrons. The molecule has 1 amide bonds. The molecule has 0 saturated heterocycles. The summed E-state index contributed by atoms with van der Waals surface area (Å²) in [5.74, 6) is -0.467. The van der Waals surface area contributed by atoms with E-state index < -0.39 is 11.9 Å². The number of nitrogens with two attached hydrogens (primary N) is 2. The topological polar surface area (TPSA) is 82.0 Å². The molecule has 0 saturated carbocycles. The van der Waals surface area contributed by atoms with Crippen LogP contribution >= 0.6 is 11.3 Å². The maximum absolute atomic E-state index is 10.7. The number of hydrogen-bond donors (Lipinski definition) is 2. The Kier molecular flexibility index (Phi) is 3.00. The first-order valence-corrected chi connectivity index (χ1v) is 4.80. The summed E-state index contributed by atoms with van der Waals surface area (Å²) in [7, 11) is 0. The van der Waals surface area contributed by atoms with Gasteiger partial charge in [-0.1, -0.05) is 0 Å². The van der Waals surface area contributed by atoms with Crippen LogP contribution in [0.5, 0.6) is 0 Å². The van der Waals surface area contributed by atoms with Crippen LogP contribution in [0.4, 0.5) is 0 Å². The molecule has 4 N–H and O–H groups in total. The summed E-state index contributed by atoms with van der Waals surface area (Å²) in [5, 5.41) is 0.990. The van der Waals surface area contributed by atoms with E-state index in [-0.39, 0.29) is 0 Å². The minimum Gasteiger partial charge on any atom is -0.368 e. The molecule has 0 aliphatic rings. The van der Waals surface area contributed by atoms with Crippen molar-refractivity contribution in [1.82, 2.24) is 4.98 Å². The number of aryl methyl sites for hydroxylation is 2. The van der Waals surface area contributed by atoms with Crippen LogP contribution in [0.1, 0.15) is 15.6 Å². The molecular formula is C8H13N3OS. The van der Waals surface area contributed by atoms with Gasteiger partial charge in [-0.25, -0.2) is 4.98 Å². The number of rotatable bonds is 3. The SMILES string of the molecule is Cc1nc(C)c(CC(N)C(N)=O)s1. The summed E-state index contributed by atoms with van der Waals surface area (Å²) in [4.78, 5) is 16.0. The first-order chi connectivity index (χ1) is 6.00. The van der Waals surface area contributed by atoms with Gasteiger partial charge in [0.1, 0.15) is 0 Å². The molecule has 1 atom stereocenters. The average Bonchev–Trinajstić information content (AvgIpc) is 2.30. The van der Waals surface area contributed by atoms with E-state index >= 15 is 0 Å². The molecule has 72 valence electrons. The molecule has 1 aromatic rings. The maximum Gasteiger partial charge on any atom is 0.234 e. The number of aromatic nitrogens is 1. The molecule has 0 aliphatic heterocycles. The van der Waals surface area contributed by atoms with Gasteiger partial charge in [-0.05, 0) is 13.8 Å². The summed E-state index contributed by atoms with van der Waals surface area (Å²) in [6, 6.07) is -0.599. The molecule has 5 heteroatoms. The van der Waals surface area contributed by atoms with Crippen molar-refractivity contribution >= 4 is 17.2 Å². The van der Waals surface area contributed by atoms with Crippen LogP contribution in [0.3, 0.4) is 0 Å². The average molecular weight is 199 g/mol. The summed E-state index contributed by atoms with van der Waals surface area (Å²) >= 11 is 1.56. The van der Waals surface area contributed by atoms with Crippen molar-refractivity contribution in [2.24, 2.45) is 11.5 Å². The van der Waals surface area contributed by atoms with E-state index in [4.69, 9.17) is 11.5 Å². The fraction of sp³-hybridized carbons (Fsp3) is 0.500. The predicted molar refractivity (Wildman–Crippen MR) is 52.5 cm³/mol. The zero-order chi connectivity index (χ0) is 10.0. The number of thiazole rings is 1. The molecule has 0 bridgehead atoms. The van der Waals surface area contributed by atoms with Gasteiger partial charge >= 0.3 is 0 Å². The summed E-state index contributed by atoms with van der Waals surface area (Å²) in [6.07, 6.45) is 0.493. The van der Waals surface area contributed by atoms with Crippen LogP contribution in [0.2, 0.25) is 0 Å². The lowest BCUT2D eigenvalue weighted by Gasteiger charge is -2.04. The Bertz CT molecular complexity index is 321. The van der Waals surface area contributed by atoms with E-state index in [1.807, 2.05) is 13.8 Å². The van der Waals surface area contributed by atoms with Gasteiger partial charge in [0.15, 0.2) is 0 Å². The van der Waals surface area contributed by atoms with Crippen molar-refractivity contribution in [3.05, 3.63) is 15.6 Å². The monoisotopic (exact) mass is 199 g/mol. The van der Waals surface area contributed by atoms with E-state index in [2.05, 4.69) is 4.98 Å². The molecule has 1 unspecified atom stereocenters. The lowest BCUT2D eigenvalue weighted by atomic mass is 10.1. The van der Waals surface area contributed by atoms with Crippen LogP contribution in [0.25, 0.3) is 0 Å². The van der Waals surface area contributed by atoms with Crippen LogP contribution in [-0.4, -0.2) is 16.9 Å². The van der Waals surface area contributed by atoms with E-state index in [1.165, 1.54) is 0 Å². The largest absolute Gasteiger partial charge is 0.368 e. The smallest absolute Gasteiger partial charge is 0.234 e. The van der Waals surface area contributed by atoms with Gasteiger partial charge in [0.2, 0.25) is 5.91 Å². The van der Waals surface area contributed by atoms with Gasteiger partial charge in [-0.3, -0.25) is 4.79 Å². The Balaban J connectivity index is 2.74. The zero-order valence-electron chi connectivity index (χ0n) is 7.70. The predicted octanol–water partition coefficient (Wildman–Crippen LogP) is 0.115. The summed E-state index contributed by atoms with van der Waals surface area (Å²) in [6.45, 7) is 3.84. The second-order valence-corrected chi connectivity index (χ2v) is 4.24. The van der Waals surface area contributed by atoms with Crippen molar-refractivity contribution in [3.63, 3.8) is 0 Å². The zero-order valence-corrected chi connectivity index (χ0v) is 8.52. The molecule has 1 heterocycles. The van der Waals surface area contributed by atoms with Crippen LogP contribution < -0.4 is 11.5 Å². The first-order valence-electron chi connectivity index (χ1n) is 3.98. The highest BCUT2D eigenvalue weighted by molar-refractivity contribution is 7.11. The highest BCUT2D eigenvalue weighted by atomic mass is 32.1. The first kappa shape index (κ1) is 10.1. The van der Waals surface area contributed by atoms with Gasteiger partial charge in [0.25, 0.3) is 0 Å². The number of hydrogen-bond acceptors (Lipinski definition) is 4. The van der Waals surface area contributed by atoms with Crippen molar-refractivity contribution in [2.45, 2.75) is 26.3 Å². The van der Waals surface area contributed by atoms with Gasteiger partial charge < -0.3 is 11.5 Å². The normalized spacial score (nSPS) is 12.8. The number of carbonyl (C=O) groups is 1. The van der Waals surface area contributed by atoms with Gasteiger partial charge in [0, 0.05) is 11.3 Å². The Morgan fingerprint density at radius 1 is 1.62 bits per heavy atom. The molecule has 0 aromatic carbocycles. The second kappa shape index (κ2) is 3.85. The lowest BCUT2D eigenvalue weighted by Crippen LogP contribution is -2.38. The van der Waals surface area contributed by atoms with Crippen molar-refractivity contribution in [1.29, 1.82) is 0 Å². The molecule has 0 spiro atoms. The second-order valence-electron chi connectivity index (χ2n) is 2.95. The molecule has 0 fully saturated rings. The van der Waals surface area contributed by atoms with E-state index in [0.29, 0.717) is 6.42 Å². The van der Waals surface area contributed by atoms with E-state index in [9.17, 15) is 4.79 Å². The molecule has 4 nitrogen and oxygen atoms in total. The fourth-order valence-corrected chi connectivity index (χ4v) is 2.06. The summed E-state index contributed by atoms with van der Waals surface area (Å²) in [5.41, 5.74) is 11.5. The number of amides is 1. The third-order valence-electron chi connectivity index (χ3n) is 1.77. The fourth-order valence-electron chi connectivity index (χ4n) is 1.06. The molecule has 13 heavy (non-hydrogen) atoms. The highest BCUT2D eigenvalue weighted by Gasteiger charge is 2.13. The van der Waals surface area contributed by atoms with E-state index in [0.717, 1.165) is 15.6 Å². The maximum atomic E-state index is 10.7. The minimum atomic E-state index is -0.599. The lowest BCUT2D eigenvalue weighted by molar-refractivity contribution is -0.119. The van der Waals surface area contributed by atoms with Crippen molar-refractivity contribution < 1.29 is 4.79 Å². The summed E-state index contributed by atoms with van der Waals surface area (Å²) < 4.78 is 0. The Morgan fingerprint density at radius 2 is 2.23 bits per heavy atom. The van der Waals surface area contributed by atoms with Crippen molar-refractivity contribution in [3.8, 4) is 0 Å². The third kappa shape index (κ3) is 2.50.